The van der Waals surface area contributed by atoms with E-state index in [9.17, 15) is 19.2 Å². The fraction of sp³-hybridized carbons (Fsp3) is 0.250. The maximum atomic E-state index is 13.6. The van der Waals surface area contributed by atoms with Gasteiger partial charge >= 0.3 is 0 Å². The maximum absolute atomic E-state index is 13.6. The third-order valence-electron chi connectivity index (χ3n) is 6.43. The van der Waals surface area contributed by atoms with Crippen LogP contribution in [-0.4, -0.2) is 41.6 Å². The second-order valence-corrected chi connectivity index (χ2v) is 8.74. The lowest BCUT2D eigenvalue weighted by atomic mass is 9.74. The van der Waals surface area contributed by atoms with E-state index < -0.39 is 34.2 Å². The van der Waals surface area contributed by atoms with Crippen LogP contribution in [0.4, 0.5) is 5.69 Å². The lowest BCUT2D eigenvalue weighted by Crippen LogP contribution is -2.55. The van der Waals surface area contributed by atoms with Crippen molar-refractivity contribution in [3.63, 3.8) is 0 Å². The summed E-state index contributed by atoms with van der Waals surface area (Å²) in [6.45, 7) is 1.72. The number of aromatic nitrogens is 2. The van der Waals surface area contributed by atoms with E-state index in [0.29, 0.717) is 11.4 Å². The Bertz CT molecular complexity index is 1570. The van der Waals surface area contributed by atoms with Crippen LogP contribution in [0.2, 0.25) is 5.02 Å². The molecule has 2 atom stereocenters. The third kappa shape index (κ3) is 3.17. The summed E-state index contributed by atoms with van der Waals surface area (Å²) in [6, 6.07) is 6.25. The zero-order valence-corrected chi connectivity index (χ0v) is 19.7. The Kier molecular flexibility index (Phi) is 5.21. The summed E-state index contributed by atoms with van der Waals surface area (Å²) in [6.07, 6.45) is 1.52. The Morgan fingerprint density at radius 1 is 1.09 bits per heavy atom. The number of Topliss-reactive ketones (excluding diaryl/α,β-unsaturated/α-hetero) is 1. The number of hydrogen-bond donors (Lipinski definition) is 3. The highest BCUT2D eigenvalue weighted by atomic mass is 35.5. The maximum Gasteiger partial charge on any atom is 0.272 e. The molecule has 11 heteroatoms. The first-order valence-electron chi connectivity index (χ1n) is 10.7. The number of H-pyrrole nitrogens is 2. The Labute approximate surface area is 202 Å². The molecule has 0 unspecified atom stereocenters. The summed E-state index contributed by atoms with van der Waals surface area (Å²) in [4.78, 5) is 51.5. The molecule has 180 valence electrons. The van der Waals surface area contributed by atoms with Gasteiger partial charge < -0.3 is 19.5 Å². The molecule has 1 aliphatic carbocycles. The monoisotopic (exact) mass is 497 g/mol. The fourth-order valence-corrected chi connectivity index (χ4v) is 4.99. The van der Waals surface area contributed by atoms with E-state index in [1.54, 1.807) is 19.1 Å². The van der Waals surface area contributed by atoms with E-state index in [4.69, 9.17) is 25.8 Å². The Balaban J connectivity index is 1.56. The van der Waals surface area contributed by atoms with E-state index in [2.05, 4.69) is 15.5 Å². The van der Waals surface area contributed by atoms with Gasteiger partial charge in [0.15, 0.2) is 5.75 Å². The molecule has 3 aromatic rings. The molecule has 1 aliphatic heterocycles. The second-order valence-electron chi connectivity index (χ2n) is 8.37. The lowest BCUT2D eigenvalue weighted by Gasteiger charge is -2.35. The zero-order valence-electron chi connectivity index (χ0n) is 18.9. The topological polar surface area (TPSA) is 140 Å². The molecule has 35 heavy (non-hydrogen) atoms. The summed E-state index contributed by atoms with van der Waals surface area (Å²) in [5, 5.41) is 8.09. The molecule has 0 saturated carbocycles. The van der Waals surface area contributed by atoms with Crippen LogP contribution in [0.25, 0.3) is 10.8 Å². The Morgan fingerprint density at radius 2 is 1.80 bits per heavy atom. The number of fused-ring (bicyclic) bond motifs is 2. The van der Waals surface area contributed by atoms with E-state index in [-0.39, 0.29) is 45.0 Å². The van der Waals surface area contributed by atoms with Crippen LogP contribution < -0.4 is 30.6 Å². The van der Waals surface area contributed by atoms with Crippen molar-refractivity contribution in [2.24, 2.45) is 5.92 Å². The second kappa shape index (κ2) is 8.02. The van der Waals surface area contributed by atoms with Gasteiger partial charge in [-0.15, -0.1) is 0 Å². The minimum atomic E-state index is -1.82. The van der Waals surface area contributed by atoms with Gasteiger partial charge in [0.1, 0.15) is 22.1 Å². The smallest absolute Gasteiger partial charge is 0.272 e. The summed E-state index contributed by atoms with van der Waals surface area (Å²) in [5.41, 5.74) is -1.85. The molecule has 2 aliphatic rings. The lowest BCUT2D eigenvalue weighted by molar-refractivity contribution is -0.129. The third-order valence-corrected chi connectivity index (χ3v) is 6.79. The van der Waals surface area contributed by atoms with Gasteiger partial charge in [-0.1, -0.05) is 24.6 Å². The van der Waals surface area contributed by atoms with Crippen LogP contribution in [0.5, 0.6) is 17.2 Å². The van der Waals surface area contributed by atoms with Gasteiger partial charge in [-0.05, 0) is 18.6 Å². The molecule has 10 nitrogen and oxygen atoms in total. The van der Waals surface area contributed by atoms with Crippen molar-refractivity contribution in [3.8, 4) is 17.2 Å². The number of allylic oxidation sites excluding steroid dienone is 1. The largest absolute Gasteiger partial charge is 0.496 e. The van der Waals surface area contributed by atoms with Crippen molar-refractivity contribution < 1.29 is 23.8 Å². The number of ketones is 2. The number of carbonyl (C=O) groups excluding carboxylic acids is 2. The van der Waals surface area contributed by atoms with Crippen LogP contribution in [0.15, 0.2) is 45.6 Å². The van der Waals surface area contributed by atoms with Gasteiger partial charge in [0, 0.05) is 23.8 Å². The zero-order chi connectivity index (χ0) is 25.1. The van der Waals surface area contributed by atoms with Crippen LogP contribution in [-0.2, 0) is 4.79 Å². The normalized spacial score (nSPS) is 21.0. The van der Waals surface area contributed by atoms with Gasteiger partial charge in [-0.25, -0.2) is 0 Å². The Hall–Kier alpha value is -4.05. The summed E-state index contributed by atoms with van der Waals surface area (Å²) < 4.78 is 16.6. The van der Waals surface area contributed by atoms with Gasteiger partial charge in [-0.2, -0.15) is 0 Å². The van der Waals surface area contributed by atoms with Crippen LogP contribution in [0.1, 0.15) is 23.7 Å². The first-order valence-corrected chi connectivity index (χ1v) is 11.0. The van der Waals surface area contributed by atoms with Crippen molar-refractivity contribution >= 4 is 39.6 Å². The van der Waals surface area contributed by atoms with E-state index in [1.165, 1.54) is 32.4 Å². The standard InChI is InChI=1S/C24H20ClN3O7/c1-10-7-11(26-13-6-4-5-12-17(13)23(32)28-27-22(12)31)8-16(29)24(10)21(30)18-14(33-2)9-15(34-3)19(25)20(18)35-24/h4-6,8-10,26H,7H2,1-3H3,(H,27,31)(H,28,32)/t10-,24+/m1/s1. The van der Waals surface area contributed by atoms with Crippen molar-refractivity contribution in [2.75, 3.05) is 19.5 Å². The molecular weight excluding hydrogens is 478 g/mol. The highest BCUT2D eigenvalue weighted by Crippen LogP contribution is 2.53. The Morgan fingerprint density at radius 3 is 2.49 bits per heavy atom. The van der Waals surface area contributed by atoms with E-state index >= 15 is 0 Å². The molecule has 5 rings (SSSR count). The average Bonchev–Trinajstić information content (AvgIpc) is 3.15. The fourth-order valence-electron chi connectivity index (χ4n) is 4.72. The van der Waals surface area contributed by atoms with Crippen molar-refractivity contribution in [2.45, 2.75) is 18.9 Å². The minimum absolute atomic E-state index is 0.0395. The molecule has 3 N–H and O–H groups in total. The van der Waals surface area contributed by atoms with E-state index in [1.807, 2.05) is 0 Å². The van der Waals surface area contributed by atoms with E-state index in [0.717, 1.165) is 0 Å². The molecule has 0 amide bonds. The summed E-state index contributed by atoms with van der Waals surface area (Å²) in [5.74, 6) is -1.25. The number of hydrogen-bond acceptors (Lipinski definition) is 8. The van der Waals surface area contributed by atoms with Gasteiger partial charge in [-0.3, -0.25) is 29.4 Å². The SMILES string of the molecule is COc1cc(OC)c2c(c1Cl)O[C@@]1(C(=O)C=C(Nc3cccc4c(=O)[nH][nH]c(=O)c34)C[C@H]1C)C2=O. The van der Waals surface area contributed by atoms with Crippen molar-refractivity contribution in [3.05, 3.63) is 67.3 Å². The molecule has 2 heterocycles. The number of nitrogens with one attached hydrogen (secondary N) is 3. The molecule has 0 bridgehead atoms. The predicted molar refractivity (Wildman–Crippen MR) is 128 cm³/mol. The summed E-state index contributed by atoms with van der Waals surface area (Å²) >= 11 is 6.41. The molecule has 1 spiro atoms. The number of benzene rings is 2. The van der Waals surface area contributed by atoms with Gasteiger partial charge in [0.2, 0.25) is 17.2 Å². The highest BCUT2D eigenvalue weighted by molar-refractivity contribution is 6.36. The molecule has 1 aromatic heterocycles. The molecular formula is C24H20ClN3O7. The minimum Gasteiger partial charge on any atom is -0.496 e. The first kappa shape index (κ1) is 22.7. The van der Waals surface area contributed by atoms with Crippen LogP contribution in [0.3, 0.4) is 0 Å². The van der Waals surface area contributed by atoms with Crippen LogP contribution >= 0.6 is 11.6 Å². The first-order chi connectivity index (χ1) is 16.7. The van der Waals surface area contributed by atoms with Crippen molar-refractivity contribution in [1.29, 1.82) is 0 Å². The molecule has 0 radical (unpaired) electrons. The highest BCUT2D eigenvalue weighted by Gasteiger charge is 2.60. The number of anilines is 1. The quantitative estimate of drug-likeness (QED) is 0.467. The molecule has 2 aromatic carbocycles. The number of ether oxygens (including phenoxy) is 3. The number of halogens is 1. The van der Waals surface area contributed by atoms with Gasteiger partial charge in [0.05, 0.1) is 30.7 Å². The molecule has 0 saturated heterocycles. The van der Waals surface area contributed by atoms with Gasteiger partial charge in [0.25, 0.3) is 11.1 Å². The number of aromatic amines is 2. The average molecular weight is 498 g/mol. The summed E-state index contributed by atoms with van der Waals surface area (Å²) in [7, 11) is 2.81. The molecule has 0 fully saturated rings. The predicted octanol–water partition coefficient (Wildman–Crippen LogP) is 2.81. The number of rotatable bonds is 4. The number of methoxy groups -OCH3 is 2. The number of carbonyl (C=O) groups is 2. The van der Waals surface area contributed by atoms with Crippen LogP contribution in [0, 0.1) is 5.92 Å². The van der Waals surface area contributed by atoms with Crippen molar-refractivity contribution in [1.82, 2.24) is 10.2 Å².